The van der Waals surface area contributed by atoms with Crippen molar-refractivity contribution >= 4 is 49.6 Å². The van der Waals surface area contributed by atoms with E-state index in [-0.39, 0.29) is 5.82 Å². The maximum absolute atomic E-state index is 13.9. The summed E-state index contributed by atoms with van der Waals surface area (Å²) in [5.74, 6) is -0.250. The van der Waals surface area contributed by atoms with Crippen LogP contribution in [0, 0.1) is 5.82 Å². The van der Waals surface area contributed by atoms with Gasteiger partial charge in [0.1, 0.15) is 5.82 Å². The van der Waals surface area contributed by atoms with Crippen molar-refractivity contribution in [1.82, 2.24) is 4.57 Å². The van der Waals surface area contributed by atoms with Crippen LogP contribution < -0.4 is 4.90 Å². The number of hydrogen-bond donors (Lipinski definition) is 0. The number of halogens is 1. The molecule has 7 aromatic carbocycles. The molecule has 0 radical (unpaired) electrons. The van der Waals surface area contributed by atoms with Crippen LogP contribution in [0.1, 0.15) is 0 Å². The molecule has 0 saturated carbocycles. The van der Waals surface area contributed by atoms with Crippen molar-refractivity contribution in [2.24, 2.45) is 0 Å². The average Bonchev–Trinajstić information content (AvgIpc) is 3.38. The normalized spacial score (nSPS) is 11.5. The molecule has 0 fully saturated rings. The zero-order valence-corrected chi connectivity index (χ0v) is 22.2. The van der Waals surface area contributed by atoms with Crippen molar-refractivity contribution in [2.45, 2.75) is 0 Å². The molecule has 0 spiro atoms. The topological polar surface area (TPSA) is 8.17 Å². The van der Waals surface area contributed by atoms with E-state index in [1.165, 1.54) is 50.3 Å². The van der Waals surface area contributed by atoms with Gasteiger partial charge in [-0.2, -0.15) is 0 Å². The lowest BCUT2D eigenvalue weighted by Crippen LogP contribution is -2.10. The Morgan fingerprint density at radius 3 is 1.46 bits per heavy atom. The fourth-order valence-electron chi connectivity index (χ4n) is 6.12. The van der Waals surface area contributed by atoms with E-state index in [1.54, 1.807) is 0 Å². The summed E-state index contributed by atoms with van der Waals surface area (Å²) in [5, 5.41) is 5.11. The Bertz CT molecular complexity index is 2060. The molecule has 0 saturated heterocycles. The molecule has 0 aliphatic heterocycles. The van der Waals surface area contributed by atoms with Gasteiger partial charge in [-0.05, 0) is 94.7 Å². The number of rotatable bonds is 5. The molecular formula is C38H25FN2. The molecule has 41 heavy (non-hydrogen) atoms. The van der Waals surface area contributed by atoms with E-state index in [9.17, 15) is 4.39 Å². The standard InChI is InChI=1S/C38H25FN2/c39-30-16-20-32(21-17-30)40(31-18-14-27(15-19-31)26-6-2-1-3-7-26)33-22-24-34(25-23-33)41-35-10-4-8-28-12-13-29-9-5-11-36(41)38(29)37(28)35/h1-25H. The third-order valence-electron chi connectivity index (χ3n) is 8.01. The third-order valence-corrected chi connectivity index (χ3v) is 8.01. The minimum Gasteiger partial charge on any atom is -0.310 e. The summed E-state index contributed by atoms with van der Waals surface area (Å²) in [7, 11) is 0. The van der Waals surface area contributed by atoms with Crippen LogP contribution in [-0.2, 0) is 0 Å². The predicted octanol–water partition coefficient (Wildman–Crippen LogP) is 10.7. The molecule has 0 unspecified atom stereocenters. The Kier molecular flexibility index (Phi) is 5.36. The summed E-state index contributed by atoms with van der Waals surface area (Å²) >= 11 is 0. The molecule has 2 nitrogen and oxygen atoms in total. The van der Waals surface area contributed by atoms with E-state index in [0.29, 0.717) is 0 Å². The molecule has 194 valence electrons. The van der Waals surface area contributed by atoms with Crippen LogP contribution in [0.3, 0.4) is 0 Å². The minimum atomic E-state index is -0.250. The van der Waals surface area contributed by atoms with Crippen molar-refractivity contribution in [3.63, 3.8) is 0 Å². The minimum absolute atomic E-state index is 0.250. The first kappa shape index (κ1) is 23.5. The fourth-order valence-corrected chi connectivity index (χ4v) is 6.12. The number of anilines is 3. The Morgan fingerprint density at radius 2 is 0.902 bits per heavy atom. The number of benzene rings is 7. The molecule has 0 amide bonds. The summed E-state index contributed by atoms with van der Waals surface area (Å²) in [6, 6.07) is 51.7. The number of hydrogen-bond acceptors (Lipinski definition) is 1. The number of nitrogens with zero attached hydrogens (tertiary/aromatic N) is 2. The first-order valence-electron chi connectivity index (χ1n) is 13.8. The van der Waals surface area contributed by atoms with Crippen LogP contribution in [0.15, 0.2) is 152 Å². The van der Waals surface area contributed by atoms with E-state index in [4.69, 9.17) is 0 Å². The van der Waals surface area contributed by atoms with Gasteiger partial charge in [-0.3, -0.25) is 0 Å². The largest absolute Gasteiger partial charge is 0.310 e. The second-order valence-electron chi connectivity index (χ2n) is 10.4. The maximum Gasteiger partial charge on any atom is 0.123 e. The van der Waals surface area contributed by atoms with Gasteiger partial charge < -0.3 is 9.47 Å². The highest BCUT2D eigenvalue weighted by Crippen LogP contribution is 2.40. The summed E-state index contributed by atoms with van der Waals surface area (Å²) in [4.78, 5) is 2.16. The molecule has 1 aromatic heterocycles. The smallest absolute Gasteiger partial charge is 0.123 e. The van der Waals surface area contributed by atoms with Crippen LogP contribution in [-0.4, -0.2) is 4.57 Å². The molecule has 8 aromatic rings. The number of aromatic nitrogens is 1. The Hall–Kier alpha value is -5.41. The van der Waals surface area contributed by atoms with Gasteiger partial charge in [-0.25, -0.2) is 4.39 Å². The molecule has 0 aliphatic rings. The summed E-state index contributed by atoms with van der Waals surface area (Å²) < 4.78 is 16.2. The lowest BCUT2D eigenvalue weighted by atomic mass is 10.0. The Balaban J connectivity index is 1.25. The highest BCUT2D eigenvalue weighted by atomic mass is 19.1. The van der Waals surface area contributed by atoms with E-state index < -0.39 is 0 Å². The van der Waals surface area contributed by atoms with Crippen molar-refractivity contribution in [2.75, 3.05) is 4.90 Å². The van der Waals surface area contributed by atoms with Gasteiger partial charge in [0.2, 0.25) is 0 Å². The second-order valence-corrected chi connectivity index (χ2v) is 10.4. The summed E-state index contributed by atoms with van der Waals surface area (Å²) in [6.45, 7) is 0. The summed E-state index contributed by atoms with van der Waals surface area (Å²) in [6.07, 6.45) is 0. The first-order valence-corrected chi connectivity index (χ1v) is 13.8. The SMILES string of the molecule is Fc1ccc(N(c2ccc(-c3ccccc3)cc2)c2ccc(-n3c4cccc5ccc6cccc3c6c54)cc2)cc1. The Morgan fingerprint density at radius 1 is 0.415 bits per heavy atom. The molecule has 8 rings (SSSR count). The van der Waals surface area contributed by atoms with Crippen molar-refractivity contribution in [3.05, 3.63) is 157 Å². The fraction of sp³-hybridized carbons (Fsp3) is 0. The molecule has 0 atom stereocenters. The maximum atomic E-state index is 13.9. The predicted molar refractivity (Wildman–Crippen MR) is 170 cm³/mol. The van der Waals surface area contributed by atoms with E-state index in [0.717, 1.165) is 28.3 Å². The molecule has 0 bridgehead atoms. The average molecular weight is 529 g/mol. The van der Waals surface area contributed by atoms with Crippen molar-refractivity contribution in [1.29, 1.82) is 0 Å². The van der Waals surface area contributed by atoms with Gasteiger partial charge in [0, 0.05) is 33.5 Å². The molecule has 0 N–H and O–H groups in total. The van der Waals surface area contributed by atoms with Crippen molar-refractivity contribution in [3.8, 4) is 16.8 Å². The van der Waals surface area contributed by atoms with Crippen LogP contribution in [0.5, 0.6) is 0 Å². The van der Waals surface area contributed by atoms with Gasteiger partial charge in [-0.1, -0.05) is 78.9 Å². The van der Waals surface area contributed by atoms with Gasteiger partial charge in [0.05, 0.1) is 11.0 Å². The zero-order valence-electron chi connectivity index (χ0n) is 22.2. The molecule has 0 aliphatic carbocycles. The lowest BCUT2D eigenvalue weighted by molar-refractivity contribution is 0.628. The van der Waals surface area contributed by atoms with E-state index >= 15 is 0 Å². The lowest BCUT2D eigenvalue weighted by Gasteiger charge is -2.26. The van der Waals surface area contributed by atoms with E-state index in [2.05, 4.69) is 131 Å². The highest BCUT2D eigenvalue weighted by Gasteiger charge is 2.17. The second kappa shape index (κ2) is 9.35. The van der Waals surface area contributed by atoms with Gasteiger partial charge in [-0.15, -0.1) is 0 Å². The quantitative estimate of drug-likeness (QED) is 0.202. The highest BCUT2D eigenvalue weighted by molar-refractivity contribution is 6.24. The van der Waals surface area contributed by atoms with Crippen LogP contribution in [0.2, 0.25) is 0 Å². The van der Waals surface area contributed by atoms with Gasteiger partial charge >= 0.3 is 0 Å². The molecule has 3 heteroatoms. The van der Waals surface area contributed by atoms with Crippen LogP contribution in [0.25, 0.3) is 49.4 Å². The van der Waals surface area contributed by atoms with Gasteiger partial charge in [0.15, 0.2) is 0 Å². The van der Waals surface area contributed by atoms with Crippen molar-refractivity contribution < 1.29 is 4.39 Å². The molecule has 1 heterocycles. The molecular weight excluding hydrogens is 503 g/mol. The Labute approximate surface area is 237 Å². The third kappa shape index (κ3) is 3.86. The van der Waals surface area contributed by atoms with E-state index in [1.807, 2.05) is 18.2 Å². The zero-order chi connectivity index (χ0) is 27.3. The summed E-state index contributed by atoms with van der Waals surface area (Å²) in [5.41, 5.74) is 8.74. The first-order chi connectivity index (χ1) is 20.2. The monoisotopic (exact) mass is 528 g/mol. The van der Waals surface area contributed by atoms with Crippen LogP contribution >= 0.6 is 0 Å². The van der Waals surface area contributed by atoms with Crippen LogP contribution in [0.4, 0.5) is 21.5 Å². The van der Waals surface area contributed by atoms with Gasteiger partial charge in [0.25, 0.3) is 0 Å².